The SMILES string of the molecule is Cc1ccc(C(=O)Oc2ccc(/C=C(\C#N)C(=O)Nc3cccc(C)c3)cc2)cc1. The van der Waals surface area contributed by atoms with Crippen molar-refractivity contribution in [1.82, 2.24) is 0 Å². The molecule has 3 rings (SSSR count). The van der Waals surface area contributed by atoms with Gasteiger partial charge in [-0.05, 0) is 67.4 Å². The molecule has 0 aromatic heterocycles. The van der Waals surface area contributed by atoms with Gasteiger partial charge in [-0.2, -0.15) is 5.26 Å². The maximum absolute atomic E-state index is 12.4. The number of ether oxygens (including phenoxy) is 1. The first-order chi connectivity index (χ1) is 14.4. The van der Waals surface area contributed by atoms with Crippen LogP contribution in [0, 0.1) is 25.2 Å². The minimum absolute atomic E-state index is 0.0269. The molecule has 1 N–H and O–H groups in total. The summed E-state index contributed by atoms with van der Waals surface area (Å²) in [5.41, 5.74) is 3.76. The van der Waals surface area contributed by atoms with E-state index in [0.29, 0.717) is 22.6 Å². The summed E-state index contributed by atoms with van der Waals surface area (Å²) >= 11 is 0. The fraction of sp³-hybridized carbons (Fsp3) is 0.0800. The van der Waals surface area contributed by atoms with Crippen molar-refractivity contribution in [2.45, 2.75) is 13.8 Å². The van der Waals surface area contributed by atoms with E-state index in [4.69, 9.17) is 4.74 Å². The number of nitrogens with zero attached hydrogens (tertiary/aromatic N) is 1. The maximum Gasteiger partial charge on any atom is 0.343 e. The molecule has 0 unspecified atom stereocenters. The van der Waals surface area contributed by atoms with E-state index in [1.165, 1.54) is 6.08 Å². The number of hydrogen-bond donors (Lipinski definition) is 1. The third-order valence-electron chi connectivity index (χ3n) is 4.33. The molecule has 0 saturated carbocycles. The molecule has 0 spiro atoms. The lowest BCUT2D eigenvalue weighted by Gasteiger charge is -2.06. The Morgan fingerprint density at radius 2 is 1.63 bits per heavy atom. The first-order valence-corrected chi connectivity index (χ1v) is 9.33. The van der Waals surface area contributed by atoms with Crippen LogP contribution in [0.5, 0.6) is 5.75 Å². The van der Waals surface area contributed by atoms with Gasteiger partial charge in [-0.1, -0.05) is 42.0 Å². The van der Waals surface area contributed by atoms with Crippen LogP contribution in [-0.4, -0.2) is 11.9 Å². The van der Waals surface area contributed by atoms with Crippen molar-refractivity contribution < 1.29 is 14.3 Å². The number of carbonyl (C=O) groups excluding carboxylic acids is 2. The summed E-state index contributed by atoms with van der Waals surface area (Å²) in [5.74, 6) is -0.563. The molecular weight excluding hydrogens is 376 g/mol. The second kappa shape index (κ2) is 9.35. The van der Waals surface area contributed by atoms with Crippen LogP contribution in [-0.2, 0) is 4.79 Å². The molecule has 0 aliphatic rings. The summed E-state index contributed by atoms with van der Waals surface area (Å²) in [7, 11) is 0. The lowest BCUT2D eigenvalue weighted by molar-refractivity contribution is -0.112. The molecule has 0 saturated heterocycles. The maximum atomic E-state index is 12.4. The first kappa shape index (κ1) is 20.6. The van der Waals surface area contributed by atoms with E-state index in [0.717, 1.165) is 11.1 Å². The number of nitriles is 1. The highest BCUT2D eigenvalue weighted by atomic mass is 16.5. The van der Waals surface area contributed by atoms with Crippen molar-refractivity contribution in [3.63, 3.8) is 0 Å². The van der Waals surface area contributed by atoms with Gasteiger partial charge in [-0.15, -0.1) is 0 Å². The van der Waals surface area contributed by atoms with Crippen LogP contribution in [0.4, 0.5) is 5.69 Å². The topological polar surface area (TPSA) is 79.2 Å². The smallest absolute Gasteiger partial charge is 0.343 e. The zero-order chi connectivity index (χ0) is 21.5. The van der Waals surface area contributed by atoms with Gasteiger partial charge in [-0.25, -0.2) is 4.79 Å². The van der Waals surface area contributed by atoms with Gasteiger partial charge in [0.05, 0.1) is 5.56 Å². The van der Waals surface area contributed by atoms with Crippen molar-refractivity contribution in [3.05, 3.63) is 101 Å². The summed E-state index contributed by atoms with van der Waals surface area (Å²) in [5, 5.41) is 12.1. The van der Waals surface area contributed by atoms with Crippen LogP contribution >= 0.6 is 0 Å². The molecule has 0 aliphatic carbocycles. The van der Waals surface area contributed by atoms with E-state index in [1.54, 1.807) is 42.5 Å². The number of carbonyl (C=O) groups is 2. The third-order valence-corrected chi connectivity index (χ3v) is 4.33. The van der Waals surface area contributed by atoms with Crippen LogP contribution in [0.1, 0.15) is 27.0 Å². The number of rotatable bonds is 5. The van der Waals surface area contributed by atoms with Gasteiger partial charge in [0.1, 0.15) is 17.4 Å². The molecule has 5 heteroatoms. The Bertz CT molecular complexity index is 1140. The van der Waals surface area contributed by atoms with Gasteiger partial charge in [0.2, 0.25) is 0 Å². The number of nitrogens with one attached hydrogen (secondary N) is 1. The molecule has 0 aliphatic heterocycles. The zero-order valence-corrected chi connectivity index (χ0v) is 16.7. The summed E-state index contributed by atoms with van der Waals surface area (Å²) in [6.07, 6.45) is 1.48. The Morgan fingerprint density at radius 1 is 0.933 bits per heavy atom. The highest BCUT2D eigenvalue weighted by Crippen LogP contribution is 2.17. The van der Waals surface area contributed by atoms with E-state index in [1.807, 2.05) is 50.2 Å². The minimum atomic E-state index is -0.488. The van der Waals surface area contributed by atoms with Crippen molar-refractivity contribution in [1.29, 1.82) is 5.26 Å². The van der Waals surface area contributed by atoms with Crippen molar-refractivity contribution >= 4 is 23.6 Å². The van der Waals surface area contributed by atoms with E-state index in [-0.39, 0.29) is 5.57 Å². The van der Waals surface area contributed by atoms with Crippen molar-refractivity contribution in [3.8, 4) is 11.8 Å². The molecular formula is C25H20N2O3. The van der Waals surface area contributed by atoms with Gasteiger partial charge in [-0.3, -0.25) is 4.79 Å². The van der Waals surface area contributed by atoms with Crippen LogP contribution < -0.4 is 10.1 Å². The monoisotopic (exact) mass is 396 g/mol. The van der Waals surface area contributed by atoms with Crippen LogP contribution in [0.25, 0.3) is 6.08 Å². The van der Waals surface area contributed by atoms with Gasteiger partial charge >= 0.3 is 5.97 Å². The average molecular weight is 396 g/mol. The first-order valence-electron chi connectivity index (χ1n) is 9.33. The Hall–Kier alpha value is -4.17. The van der Waals surface area contributed by atoms with E-state index >= 15 is 0 Å². The normalized spacial score (nSPS) is 10.8. The van der Waals surface area contributed by atoms with Crippen LogP contribution in [0.3, 0.4) is 0 Å². The second-order valence-corrected chi connectivity index (χ2v) is 6.82. The van der Waals surface area contributed by atoms with Gasteiger partial charge in [0.15, 0.2) is 0 Å². The largest absolute Gasteiger partial charge is 0.423 e. The fourth-order valence-corrected chi connectivity index (χ4v) is 2.72. The molecule has 1 amide bonds. The molecule has 0 fully saturated rings. The van der Waals surface area contributed by atoms with E-state index in [9.17, 15) is 14.9 Å². The van der Waals surface area contributed by atoms with Gasteiger partial charge < -0.3 is 10.1 Å². The predicted octanol–water partition coefficient (Wildman–Crippen LogP) is 5.07. The number of hydrogen-bond acceptors (Lipinski definition) is 4. The lowest BCUT2D eigenvalue weighted by atomic mass is 10.1. The summed E-state index contributed by atoms with van der Waals surface area (Å²) in [6.45, 7) is 3.86. The quantitative estimate of drug-likeness (QED) is 0.283. The Labute approximate surface area is 175 Å². The molecule has 0 heterocycles. The number of anilines is 1. The van der Waals surface area contributed by atoms with Gasteiger partial charge in [0.25, 0.3) is 5.91 Å². The number of esters is 1. The Balaban J connectivity index is 1.68. The van der Waals surface area contributed by atoms with Crippen LogP contribution in [0.2, 0.25) is 0 Å². The predicted molar refractivity (Wildman–Crippen MR) is 116 cm³/mol. The van der Waals surface area contributed by atoms with Crippen molar-refractivity contribution in [2.24, 2.45) is 0 Å². The summed E-state index contributed by atoms with van der Waals surface area (Å²) < 4.78 is 5.36. The summed E-state index contributed by atoms with van der Waals surface area (Å²) in [6, 6.07) is 22.9. The zero-order valence-electron chi connectivity index (χ0n) is 16.7. The third kappa shape index (κ3) is 5.43. The number of benzene rings is 3. The number of amides is 1. The molecule has 0 bridgehead atoms. The standard InChI is InChI=1S/C25H20N2O3/c1-17-6-10-20(11-7-17)25(29)30-23-12-8-19(9-13-23)15-21(16-26)24(28)27-22-5-3-4-18(2)14-22/h3-15H,1-2H3,(H,27,28)/b21-15+. The fourth-order valence-electron chi connectivity index (χ4n) is 2.72. The summed E-state index contributed by atoms with van der Waals surface area (Å²) in [4.78, 5) is 24.6. The van der Waals surface area contributed by atoms with Gasteiger partial charge in [0, 0.05) is 5.69 Å². The molecule has 148 valence electrons. The minimum Gasteiger partial charge on any atom is -0.423 e. The Morgan fingerprint density at radius 3 is 2.27 bits per heavy atom. The second-order valence-electron chi connectivity index (χ2n) is 6.82. The van der Waals surface area contributed by atoms with E-state index in [2.05, 4.69) is 5.32 Å². The van der Waals surface area contributed by atoms with E-state index < -0.39 is 11.9 Å². The molecule has 5 nitrogen and oxygen atoms in total. The number of aryl methyl sites for hydroxylation is 2. The molecule has 0 radical (unpaired) electrons. The molecule has 3 aromatic rings. The lowest BCUT2D eigenvalue weighted by Crippen LogP contribution is -2.13. The molecule has 3 aromatic carbocycles. The average Bonchev–Trinajstić information content (AvgIpc) is 2.73. The highest BCUT2D eigenvalue weighted by Gasteiger charge is 2.11. The highest BCUT2D eigenvalue weighted by molar-refractivity contribution is 6.09. The molecule has 0 atom stereocenters. The van der Waals surface area contributed by atoms with Crippen LogP contribution in [0.15, 0.2) is 78.4 Å². The van der Waals surface area contributed by atoms with Crippen molar-refractivity contribution in [2.75, 3.05) is 5.32 Å². The Kier molecular flexibility index (Phi) is 6.41. The molecule has 30 heavy (non-hydrogen) atoms.